The summed E-state index contributed by atoms with van der Waals surface area (Å²) in [5.41, 5.74) is 0.680. The normalized spacial score (nSPS) is 14.3. The molecule has 1 atom stereocenters. The van der Waals surface area contributed by atoms with Crippen LogP contribution in [0.1, 0.15) is 59.6 Å². The Hall–Kier alpha value is -3.39. The van der Waals surface area contributed by atoms with Crippen molar-refractivity contribution >= 4 is 29.2 Å². The molecule has 0 radical (unpaired) electrons. The number of hydrogen-bond donors (Lipinski definition) is 1. The van der Waals surface area contributed by atoms with Crippen molar-refractivity contribution in [1.29, 1.82) is 0 Å². The molecule has 0 spiro atoms. The molecular formula is C27H24ClF3N2O3. The van der Waals surface area contributed by atoms with Crippen molar-refractivity contribution in [2.24, 2.45) is 5.92 Å². The van der Waals surface area contributed by atoms with Crippen molar-refractivity contribution in [2.75, 3.05) is 12.4 Å². The molecule has 188 valence electrons. The second kappa shape index (κ2) is 11.1. The van der Waals surface area contributed by atoms with E-state index < -0.39 is 29.7 Å². The Bertz CT molecular complexity index is 1250. The van der Waals surface area contributed by atoms with Gasteiger partial charge in [-0.05, 0) is 48.7 Å². The first kappa shape index (κ1) is 25.7. The third-order valence-electron chi connectivity index (χ3n) is 6.48. The monoisotopic (exact) mass is 516 g/mol. The first-order valence-corrected chi connectivity index (χ1v) is 11.9. The van der Waals surface area contributed by atoms with E-state index in [1.165, 1.54) is 19.4 Å². The van der Waals surface area contributed by atoms with Crippen molar-refractivity contribution < 1.29 is 27.5 Å². The SMILES string of the molecule is COC(=O)c1ccc(NC(=O)C(CC2CCC2)c2ccc(-c3c(C(F)F)ccc(Cl)c3F)cn2)cc1. The predicted octanol–water partition coefficient (Wildman–Crippen LogP) is 7.18. The minimum atomic E-state index is -2.89. The average Bonchev–Trinajstić information content (AvgIpc) is 2.85. The number of methoxy groups -OCH3 is 1. The summed E-state index contributed by atoms with van der Waals surface area (Å²) in [5, 5.41) is 2.59. The number of carbonyl (C=O) groups excluding carboxylic acids is 2. The van der Waals surface area contributed by atoms with Gasteiger partial charge >= 0.3 is 5.97 Å². The van der Waals surface area contributed by atoms with Gasteiger partial charge in [-0.25, -0.2) is 18.0 Å². The van der Waals surface area contributed by atoms with Crippen LogP contribution < -0.4 is 5.32 Å². The second-order valence-electron chi connectivity index (χ2n) is 8.74. The molecule has 1 aliphatic rings. The van der Waals surface area contributed by atoms with Crippen LogP contribution in [0.5, 0.6) is 0 Å². The standard InChI is InChI=1S/C27H24ClF3N2O3/c1-36-27(35)16-5-8-18(9-6-16)33-26(34)20(13-15-3-2-4-15)22-12-7-17(14-32-22)23-19(25(30)31)10-11-21(28)24(23)29/h5-12,14-15,20,25H,2-4,13H2,1H3,(H,33,34). The van der Waals surface area contributed by atoms with Crippen molar-refractivity contribution in [3.63, 3.8) is 0 Å². The number of anilines is 1. The zero-order valence-electron chi connectivity index (χ0n) is 19.4. The lowest BCUT2D eigenvalue weighted by molar-refractivity contribution is -0.118. The Morgan fingerprint density at radius 1 is 1.11 bits per heavy atom. The highest BCUT2D eigenvalue weighted by Gasteiger charge is 2.29. The fourth-order valence-electron chi connectivity index (χ4n) is 4.26. The smallest absolute Gasteiger partial charge is 0.337 e. The Balaban J connectivity index is 1.60. The van der Waals surface area contributed by atoms with Gasteiger partial charge in [-0.3, -0.25) is 9.78 Å². The number of ether oxygens (including phenoxy) is 1. The summed E-state index contributed by atoms with van der Waals surface area (Å²) >= 11 is 5.84. The fourth-order valence-corrected chi connectivity index (χ4v) is 4.42. The summed E-state index contributed by atoms with van der Waals surface area (Å²) in [6, 6.07) is 11.6. The lowest BCUT2D eigenvalue weighted by Crippen LogP contribution is -2.26. The molecule has 1 unspecified atom stereocenters. The molecule has 0 bridgehead atoms. The van der Waals surface area contributed by atoms with E-state index in [0.29, 0.717) is 29.3 Å². The molecule has 0 saturated heterocycles. The highest BCUT2D eigenvalue weighted by atomic mass is 35.5. The maximum atomic E-state index is 14.7. The number of aromatic nitrogens is 1. The molecule has 1 aliphatic carbocycles. The molecule has 36 heavy (non-hydrogen) atoms. The summed E-state index contributed by atoms with van der Waals surface area (Å²) in [6.07, 6.45) is 2.11. The van der Waals surface area contributed by atoms with Crippen molar-refractivity contribution in [3.05, 3.63) is 82.4 Å². The first-order valence-electron chi connectivity index (χ1n) is 11.5. The van der Waals surface area contributed by atoms with E-state index in [1.54, 1.807) is 30.3 Å². The van der Waals surface area contributed by atoms with Crippen LogP contribution in [0.2, 0.25) is 5.02 Å². The summed E-state index contributed by atoms with van der Waals surface area (Å²) in [7, 11) is 1.29. The zero-order chi connectivity index (χ0) is 25.8. The van der Waals surface area contributed by atoms with Gasteiger partial charge in [0, 0.05) is 28.6 Å². The minimum absolute atomic E-state index is 0.148. The van der Waals surface area contributed by atoms with Gasteiger partial charge in [0.2, 0.25) is 5.91 Å². The van der Waals surface area contributed by atoms with E-state index in [9.17, 15) is 22.8 Å². The van der Waals surface area contributed by atoms with E-state index in [0.717, 1.165) is 31.4 Å². The zero-order valence-corrected chi connectivity index (χ0v) is 20.2. The number of rotatable bonds is 8. The molecule has 1 saturated carbocycles. The molecule has 4 rings (SSSR count). The topological polar surface area (TPSA) is 68.3 Å². The van der Waals surface area contributed by atoms with Crippen LogP contribution in [-0.4, -0.2) is 24.0 Å². The highest BCUT2D eigenvalue weighted by Crippen LogP contribution is 2.38. The number of carbonyl (C=O) groups is 2. The molecule has 9 heteroatoms. The Morgan fingerprint density at radius 3 is 2.39 bits per heavy atom. The molecule has 1 N–H and O–H groups in total. The van der Waals surface area contributed by atoms with Crippen molar-refractivity contribution in [3.8, 4) is 11.1 Å². The molecule has 0 aliphatic heterocycles. The average molecular weight is 517 g/mol. The number of esters is 1. The number of alkyl halides is 2. The van der Waals surface area contributed by atoms with Gasteiger partial charge in [0.25, 0.3) is 6.43 Å². The number of hydrogen-bond acceptors (Lipinski definition) is 4. The predicted molar refractivity (Wildman–Crippen MR) is 131 cm³/mol. The van der Waals surface area contributed by atoms with Gasteiger partial charge in [-0.2, -0.15) is 0 Å². The van der Waals surface area contributed by atoms with Crippen molar-refractivity contribution in [1.82, 2.24) is 4.98 Å². The van der Waals surface area contributed by atoms with E-state index in [1.807, 2.05) is 0 Å². The third kappa shape index (κ3) is 5.54. The number of nitrogens with zero attached hydrogens (tertiary/aromatic N) is 1. The molecule has 5 nitrogen and oxygen atoms in total. The molecule has 1 amide bonds. The molecular weight excluding hydrogens is 493 g/mol. The summed E-state index contributed by atoms with van der Waals surface area (Å²) in [5.74, 6) is -1.92. The fraction of sp³-hybridized carbons (Fsp3) is 0.296. The van der Waals surface area contributed by atoms with Crippen molar-refractivity contribution in [2.45, 2.75) is 38.0 Å². The lowest BCUT2D eigenvalue weighted by atomic mass is 9.78. The van der Waals surface area contributed by atoms with Gasteiger partial charge in [-0.15, -0.1) is 0 Å². The van der Waals surface area contributed by atoms with E-state index >= 15 is 0 Å². The van der Waals surface area contributed by atoms with Crippen LogP contribution in [-0.2, 0) is 9.53 Å². The number of benzene rings is 2. The van der Waals surface area contributed by atoms with Crippen LogP contribution in [0.4, 0.5) is 18.9 Å². The van der Waals surface area contributed by atoms with Gasteiger partial charge in [0.05, 0.1) is 29.3 Å². The largest absolute Gasteiger partial charge is 0.465 e. The van der Waals surface area contributed by atoms with E-state index in [-0.39, 0.29) is 22.1 Å². The Morgan fingerprint density at radius 2 is 1.83 bits per heavy atom. The number of halogens is 4. The molecule has 1 fully saturated rings. The quantitative estimate of drug-likeness (QED) is 0.322. The van der Waals surface area contributed by atoms with Gasteiger partial charge in [0.1, 0.15) is 5.82 Å². The van der Waals surface area contributed by atoms with Gasteiger partial charge in [0.15, 0.2) is 0 Å². The molecule has 1 heterocycles. The molecule has 3 aromatic rings. The highest BCUT2D eigenvalue weighted by molar-refractivity contribution is 6.31. The van der Waals surface area contributed by atoms with E-state index in [4.69, 9.17) is 11.6 Å². The summed E-state index contributed by atoms with van der Waals surface area (Å²) < 4.78 is 46.4. The summed E-state index contributed by atoms with van der Waals surface area (Å²) in [4.78, 5) is 29.3. The molecule has 2 aromatic carbocycles. The maximum absolute atomic E-state index is 14.7. The Kier molecular flexibility index (Phi) is 7.94. The number of nitrogens with one attached hydrogen (secondary N) is 1. The van der Waals surface area contributed by atoms with Crippen LogP contribution in [0.25, 0.3) is 11.1 Å². The van der Waals surface area contributed by atoms with Crippen LogP contribution >= 0.6 is 11.6 Å². The number of amides is 1. The summed E-state index contributed by atoms with van der Waals surface area (Å²) in [6.45, 7) is 0. The Labute approximate surface area is 211 Å². The maximum Gasteiger partial charge on any atom is 0.337 e. The van der Waals surface area contributed by atoms with Crippen LogP contribution in [0, 0.1) is 11.7 Å². The molecule has 1 aromatic heterocycles. The minimum Gasteiger partial charge on any atom is -0.465 e. The van der Waals surface area contributed by atoms with Gasteiger partial charge < -0.3 is 10.1 Å². The van der Waals surface area contributed by atoms with Crippen LogP contribution in [0.3, 0.4) is 0 Å². The van der Waals surface area contributed by atoms with E-state index in [2.05, 4.69) is 15.0 Å². The lowest BCUT2D eigenvalue weighted by Gasteiger charge is -2.29. The van der Waals surface area contributed by atoms with Gasteiger partial charge in [-0.1, -0.05) is 43.0 Å². The third-order valence-corrected chi connectivity index (χ3v) is 6.77. The first-order chi connectivity index (χ1) is 17.3. The van der Waals surface area contributed by atoms with Crippen LogP contribution in [0.15, 0.2) is 54.7 Å². The number of pyridine rings is 1. The second-order valence-corrected chi connectivity index (χ2v) is 9.15.